The highest BCUT2D eigenvalue weighted by molar-refractivity contribution is 14.1. The summed E-state index contributed by atoms with van der Waals surface area (Å²) in [5.74, 6) is 2.99. The molecule has 9 heteroatoms. The van der Waals surface area contributed by atoms with Crippen LogP contribution >= 0.6 is 22.6 Å². The lowest BCUT2D eigenvalue weighted by atomic mass is 10.2. The molecule has 0 saturated carbocycles. The second-order valence-electron chi connectivity index (χ2n) is 5.14. The molecule has 0 saturated heterocycles. The third kappa shape index (κ3) is 3.33. The predicted octanol–water partition coefficient (Wildman–Crippen LogP) is 4.10. The fourth-order valence-electron chi connectivity index (χ4n) is 2.55. The number of halogens is 4. The predicted molar refractivity (Wildman–Crippen MR) is 99.1 cm³/mol. The largest absolute Gasteiger partial charge is 0.326 e. The minimum absolute atomic E-state index is 0.0399. The number of nitrogen functional groups attached to an aromatic ring is 1. The van der Waals surface area contributed by atoms with Crippen molar-refractivity contribution in [1.82, 2.24) is 9.97 Å². The van der Waals surface area contributed by atoms with Gasteiger partial charge in [-0.25, -0.2) is 24.0 Å². The Hall–Kier alpha value is -2.14. The molecule has 3 N–H and O–H groups in total. The summed E-state index contributed by atoms with van der Waals surface area (Å²) in [5, 5.41) is -0.0971. The van der Waals surface area contributed by atoms with Gasteiger partial charge >= 0.3 is 0 Å². The topological polar surface area (TPSA) is 67.1 Å². The Kier molecular flexibility index (Phi) is 4.95. The SMILES string of the molecule is CCN(c1cc(F)cc(I)c1)c1nc(NN)nc2ccc(F)c(F)c12. The monoisotopic (exact) mass is 459 g/mol. The Morgan fingerprint density at radius 3 is 2.56 bits per heavy atom. The van der Waals surface area contributed by atoms with Crippen LogP contribution in [0.2, 0.25) is 0 Å². The van der Waals surface area contributed by atoms with Gasteiger partial charge in [-0.2, -0.15) is 4.98 Å². The normalized spacial score (nSPS) is 11.0. The first kappa shape index (κ1) is 17.7. The van der Waals surface area contributed by atoms with Gasteiger partial charge in [0.1, 0.15) is 11.6 Å². The first-order valence-electron chi connectivity index (χ1n) is 7.30. The number of fused-ring (bicyclic) bond motifs is 1. The van der Waals surface area contributed by atoms with Crippen LogP contribution in [-0.2, 0) is 0 Å². The molecule has 0 aliphatic heterocycles. The van der Waals surface area contributed by atoms with E-state index in [0.29, 0.717) is 15.8 Å². The maximum atomic E-state index is 14.5. The van der Waals surface area contributed by atoms with Crippen molar-refractivity contribution in [3.05, 3.63) is 51.4 Å². The fraction of sp³-hybridized carbons (Fsp3) is 0.125. The molecule has 130 valence electrons. The molecule has 0 amide bonds. The Morgan fingerprint density at radius 1 is 1.16 bits per heavy atom. The van der Waals surface area contributed by atoms with E-state index in [-0.39, 0.29) is 22.7 Å². The highest BCUT2D eigenvalue weighted by Gasteiger charge is 2.21. The van der Waals surface area contributed by atoms with E-state index in [2.05, 4.69) is 15.4 Å². The number of rotatable bonds is 4. The summed E-state index contributed by atoms with van der Waals surface area (Å²) in [4.78, 5) is 9.79. The number of nitrogens with one attached hydrogen (secondary N) is 1. The fourth-order valence-corrected chi connectivity index (χ4v) is 3.17. The molecule has 0 aliphatic carbocycles. The maximum absolute atomic E-state index is 14.5. The molecule has 0 spiro atoms. The molecule has 3 aromatic rings. The van der Waals surface area contributed by atoms with Crippen molar-refractivity contribution in [2.24, 2.45) is 5.84 Å². The van der Waals surface area contributed by atoms with Crippen molar-refractivity contribution in [1.29, 1.82) is 0 Å². The minimum atomic E-state index is -1.07. The zero-order chi connectivity index (χ0) is 18.1. The average molecular weight is 459 g/mol. The van der Waals surface area contributed by atoms with Gasteiger partial charge in [0.25, 0.3) is 0 Å². The van der Waals surface area contributed by atoms with Gasteiger partial charge in [-0.05, 0) is 59.8 Å². The van der Waals surface area contributed by atoms with Crippen molar-refractivity contribution >= 4 is 50.9 Å². The summed E-state index contributed by atoms with van der Waals surface area (Å²) in [5.41, 5.74) is 2.94. The molecule has 2 aromatic carbocycles. The molecule has 0 bridgehead atoms. The van der Waals surface area contributed by atoms with Crippen molar-refractivity contribution in [2.75, 3.05) is 16.9 Å². The van der Waals surface area contributed by atoms with Crippen LogP contribution in [0.25, 0.3) is 10.9 Å². The maximum Gasteiger partial charge on any atom is 0.239 e. The van der Waals surface area contributed by atoms with Crippen LogP contribution in [0.1, 0.15) is 6.92 Å². The lowest BCUT2D eigenvalue weighted by Gasteiger charge is -2.24. The molecule has 0 aliphatic rings. The van der Waals surface area contributed by atoms with Crippen LogP contribution in [0.3, 0.4) is 0 Å². The smallest absolute Gasteiger partial charge is 0.239 e. The van der Waals surface area contributed by atoms with Gasteiger partial charge in [-0.15, -0.1) is 0 Å². The average Bonchev–Trinajstić information content (AvgIpc) is 2.57. The zero-order valence-corrected chi connectivity index (χ0v) is 15.2. The molecular formula is C16H13F3IN5. The van der Waals surface area contributed by atoms with E-state index in [0.717, 1.165) is 6.07 Å². The van der Waals surface area contributed by atoms with Crippen LogP contribution in [-0.4, -0.2) is 16.5 Å². The van der Waals surface area contributed by atoms with Crippen LogP contribution in [0.5, 0.6) is 0 Å². The van der Waals surface area contributed by atoms with E-state index in [1.54, 1.807) is 17.9 Å². The third-order valence-electron chi connectivity index (χ3n) is 3.59. The number of anilines is 3. The molecule has 5 nitrogen and oxygen atoms in total. The molecule has 1 heterocycles. The molecule has 0 atom stereocenters. The second kappa shape index (κ2) is 7.00. The van der Waals surface area contributed by atoms with E-state index >= 15 is 0 Å². The van der Waals surface area contributed by atoms with Gasteiger partial charge in [0.05, 0.1) is 10.9 Å². The van der Waals surface area contributed by atoms with Gasteiger partial charge in [0, 0.05) is 15.8 Å². The molecule has 25 heavy (non-hydrogen) atoms. The number of aromatic nitrogens is 2. The minimum Gasteiger partial charge on any atom is -0.326 e. The lowest BCUT2D eigenvalue weighted by Crippen LogP contribution is -2.21. The second-order valence-corrected chi connectivity index (χ2v) is 6.39. The summed E-state index contributed by atoms with van der Waals surface area (Å²) in [6.45, 7) is 2.13. The number of hydrazine groups is 1. The van der Waals surface area contributed by atoms with E-state index in [1.807, 2.05) is 22.6 Å². The Labute approximate surface area is 155 Å². The van der Waals surface area contributed by atoms with Crippen molar-refractivity contribution in [3.63, 3.8) is 0 Å². The summed E-state index contributed by atoms with van der Waals surface area (Å²) in [7, 11) is 0. The zero-order valence-electron chi connectivity index (χ0n) is 13.0. The summed E-state index contributed by atoms with van der Waals surface area (Å²) in [6, 6.07) is 6.70. The number of hydrogen-bond donors (Lipinski definition) is 2. The van der Waals surface area contributed by atoms with Gasteiger partial charge < -0.3 is 4.90 Å². The molecule has 0 unspecified atom stereocenters. The number of hydrogen-bond acceptors (Lipinski definition) is 5. The number of nitrogens with two attached hydrogens (primary N) is 1. The van der Waals surface area contributed by atoms with Gasteiger partial charge in [-0.1, -0.05) is 0 Å². The highest BCUT2D eigenvalue weighted by atomic mass is 127. The van der Waals surface area contributed by atoms with E-state index < -0.39 is 17.5 Å². The van der Waals surface area contributed by atoms with Crippen LogP contribution in [0.4, 0.5) is 30.6 Å². The Bertz CT molecular complexity index is 930. The first-order chi connectivity index (χ1) is 11.9. The van der Waals surface area contributed by atoms with E-state index in [1.165, 1.54) is 18.2 Å². The van der Waals surface area contributed by atoms with E-state index in [4.69, 9.17) is 5.84 Å². The molecule has 3 rings (SSSR count). The van der Waals surface area contributed by atoms with Crippen molar-refractivity contribution < 1.29 is 13.2 Å². The summed E-state index contributed by atoms with van der Waals surface area (Å²) >= 11 is 1.98. The van der Waals surface area contributed by atoms with Crippen LogP contribution < -0.4 is 16.2 Å². The van der Waals surface area contributed by atoms with Crippen LogP contribution in [0.15, 0.2) is 30.3 Å². The third-order valence-corrected chi connectivity index (χ3v) is 4.22. The lowest BCUT2D eigenvalue weighted by molar-refractivity contribution is 0.516. The van der Waals surface area contributed by atoms with Gasteiger partial charge in [-0.3, -0.25) is 5.43 Å². The molecule has 0 radical (unpaired) electrons. The van der Waals surface area contributed by atoms with Crippen LogP contribution in [0, 0.1) is 21.0 Å². The van der Waals surface area contributed by atoms with Crippen molar-refractivity contribution in [2.45, 2.75) is 6.92 Å². The Balaban J connectivity index is 2.32. The first-order valence-corrected chi connectivity index (χ1v) is 8.38. The molecule has 0 fully saturated rings. The molecular weight excluding hydrogens is 446 g/mol. The highest BCUT2D eigenvalue weighted by Crippen LogP contribution is 2.34. The summed E-state index contributed by atoms with van der Waals surface area (Å²) in [6.07, 6.45) is 0. The molecule has 1 aromatic heterocycles. The summed E-state index contributed by atoms with van der Waals surface area (Å²) < 4.78 is 42.7. The van der Waals surface area contributed by atoms with Crippen molar-refractivity contribution in [3.8, 4) is 0 Å². The van der Waals surface area contributed by atoms with E-state index in [9.17, 15) is 13.2 Å². The van der Waals surface area contributed by atoms with Gasteiger partial charge in [0.15, 0.2) is 11.6 Å². The Morgan fingerprint density at radius 2 is 1.92 bits per heavy atom. The standard InChI is InChI=1S/C16H13F3IN5/c1-2-25(10-6-8(17)5-9(20)7-10)15-13-12(22-16(23-15)24-21)4-3-11(18)14(13)19/h3-7H,2,21H2,1H3,(H,22,23,24). The van der Waals surface area contributed by atoms with Gasteiger partial charge in [0.2, 0.25) is 5.95 Å². The number of nitrogens with zero attached hydrogens (tertiary/aromatic N) is 3. The number of benzene rings is 2. The quantitative estimate of drug-likeness (QED) is 0.350.